The van der Waals surface area contributed by atoms with Crippen molar-refractivity contribution in [3.8, 4) is 0 Å². The first-order valence-corrected chi connectivity index (χ1v) is 6.06. The predicted molar refractivity (Wildman–Crippen MR) is 63.3 cm³/mol. The monoisotopic (exact) mass is 242 g/mol. The molecule has 1 heterocycles. The van der Waals surface area contributed by atoms with Gasteiger partial charge in [0.2, 0.25) is 0 Å². The van der Waals surface area contributed by atoms with Crippen LogP contribution in [0.25, 0.3) is 0 Å². The zero-order chi connectivity index (χ0) is 13.3. The van der Waals surface area contributed by atoms with Gasteiger partial charge in [-0.05, 0) is 20.3 Å². The fraction of sp³-hybridized carbons (Fsp3) is 0.846. The third-order valence-electron chi connectivity index (χ3n) is 3.55. The summed E-state index contributed by atoms with van der Waals surface area (Å²) < 4.78 is 10.4. The molecule has 0 aromatic rings. The minimum atomic E-state index is -0.479. The number of carbonyl (C=O) groups excluding carboxylic acids is 2. The molecule has 0 aromatic carbocycles. The average molecular weight is 242 g/mol. The van der Waals surface area contributed by atoms with E-state index in [0.29, 0.717) is 6.42 Å². The molecule has 1 fully saturated rings. The van der Waals surface area contributed by atoms with E-state index in [1.54, 1.807) is 0 Å². The van der Waals surface area contributed by atoms with Crippen molar-refractivity contribution in [2.45, 2.75) is 53.6 Å². The maximum absolute atomic E-state index is 11.8. The Hall–Kier alpha value is -1.06. The van der Waals surface area contributed by atoms with E-state index < -0.39 is 5.41 Å². The van der Waals surface area contributed by atoms with Gasteiger partial charge in [0.25, 0.3) is 0 Å². The number of rotatable bonds is 4. The van der Waals surface area contributed by atoms with Crippen LogP contribution in [0.3, 0.4) is 0 Å². The maximum Gasteiger partial charge on any atom is 0.311 e. The van der Waals surface area contributed by atoms with Crippen molar-refractivity contribution in [3.63, 3.8) is 0 Å². The van der Waals surface area contributed by atoms with Crippen LogP contribution in [0.4, 0.5) is 0 Å². The van der Waals surface area contributed by atoms with Gasteiger partial charge in [-0.3, -0.25) is 9.59 Å². The highest BCUT2D eigenvalue weighted by Gasteiger charge is 2.43. The number of esters is 2. The lowest BCUT2D eigenvalue weighted by molar-refractivity contribution is -0.162. The van der Waals surface area contributed by atoms with Crippen molar-refractivity contribution in [3.05, 3.63) is 0 Å². The summed E-state index contributed by atoms with van der Waals surface area (Å²) in [6.07, 6.45) is 0.776. The van der Waals surface area contributed by atoms with Crippen molar-refractivity contribution >= 4 is 11.9 Å². The van der Waals surface area contributed by atoms with Crippen molar-refractivity contribution in [2.24, 2.45) is 10.8 Å². The largest absolute Gasteiger partial charge is 0.461 e. The fourth-order valence-electron chi connectivity index (χ4n) is 1.60. The minimum absolute atomic E-state index is 0.154. The second kappa shape index (κ2) is 4.67. The maximum atomic E-state index is 11.8. The summed E-state index contributed by atoms with van der Waals surface area (Å²) in [5.41, 5.74) is -0.736. The SMILES string of the molecule is CCC(C)(C)C(=O)OCC1OC(=O)CC1(C)C. The van der Waals surface area contributed by atoms with Crippen LogP contribution < -0.4 is 0 Å². The standard InChI is InChI=1S/C13H22O4/c1-6-12(2,3)11(15)16-8-9-13(4,5)7-10(14)17-9/h9H,6-8H2,1-5H3. The molecule has 1 unspecified atom stereocenters. The van der Waals surface area contributed by atoms with Gasteiger partial charge in [0, 0.05) is 5.41 Å². The molecule has 0 bridgehead atoms. The minimum Gasteiger partial charge on any atom is -0.461 e. The lowest BCUT2D eigenvalue weighted by Gasteiger charge is -2.26. The van der Waals surface area contributed by atoms with Crippen LogP contribution in [0.1, 0.15) is 47.5 Å². The molecule has 1 aliphatic rings. The number of ether oxygens (including phenoxy) is 2. The predicted octanol–water partition coefficient (Wildman–Crippen LogP) is 2.31. The van der Waals surface area contributed by atoms with Crippen LogP contribution >= 0.6 is 0 Å². The van der Waals surface area contributed by atoms with Gasteiger partial charge in [0.05, 0.1) is 11.8 Å². The zero-order valence-electron chi connectivity index (χ0n) is 11.3. The molecule has 17 heavy (non-hydrogen) atoms. The Balaban J connectivity index is 2.52. The molecule has 1 aliphatic heterocycles. The molecular formula is C13H22O4. The van der Waals surface area contributed by atoms with Crippen molar-refractivity contribution in [1.82, 2.24) is 0 Å². The topological polar surface area (TPSA) is 52.6 Å². The summed E-state index contributed by atoms with van der Waals surface area (Å²) in [5.74, 6) is -0.454. The Morgan fingerprint density at radius 2 is 2.12 bits per heavy atom. The Labute approximate surface area is 103 Å². The molecule has 4 heteroatoms. The van der Waals surface area contributed by atoms with E-state index in [4.69, 9.17) is 9.47 Å². The van der Waals surface area contributed by atoms with Gasteiger partial charge in [-0.1, -0.05) is 20.8 Å². The highest BCUT2D eigenvalue weighted by molar-refractivity contribution is 5.76. The van der Waals surface area contributed by atoms with Crippen molar-refractivity contribution in [1.29, 1.82) is 0 Å². The van der Waals surface area contributed by atoms with Gasteiger partial charge in [0.15, 0.2) is 0 Å². The normalized spacial score (nSPS) is 23.4. The van der Waals surface area contributed by atoms with Gasteiger partial charge in [-0.15, -0.1) is 0 Å². The smallest absolute Gasteiger partial charge is 0.311 e. The molecule has 0 aromatic heterocycles. The third-order valence-corrected chi connectivity index (χ3v) is 3.55. The number of carbonyl (C=O) groups is 2. The Morgan fingerprint density at radius 1 is 1.53 bits per heavy atom. The molecule has 0 N–H and O–H groups in total. The van der Waals surface area contributed by atoms with E-state index in [1.807, 2.05) is 34.6 Å². The second-order valence-corrected chi connectivity index (χ2v) is 5.98. The molecule has 1 rings (SSSR count). The van der Waals surface area contributed by atoms with E-state index in [9.17, 15) is 9.59 Å². The highest BCUT2D eigenvalue weighted by Crippen LogP contribution is 2.35. The van der Waals surface area contributed by atoms with Crippen LogP contribution in [-0.2, 0) is 19.1 Å². The molecule has 0 aliphatic carbocycles. The molecule has 1 atom stereocenters. The quantitative estimate of drug-likeness (QED) is 0.710. The van der Waals surface area contributed by atoms with E-state index in [0.717, 1.165) is 6.42 Å². The third kappa shape index (κ3) is 3.20. The first-order valence-electron chi connectivity index (χ1n) is 6.06. The van der Waals surface area contributed by atoms with Gasteiger partial charge in [0.1, 0.15) is 12.7 Å². The van der Waals surface area contributed by atoms with Gasteiger partial charge in [-0.25, -0.2) is 0 Å². The molecule has 0 amide bonds. The summed E-state index contributed by atoms with van der Waals surface area (Å²) in [6.45, 7) is 9.69. The van der Waals surface area contributed by atoms with Gasteiger partial charge < -0.3 is 9.47 Å². The zero-order valence-corrected chi connectivity index (χ0v) is 11.3. The molecule has 0 spiro atoms. The summed E-state index contributed by atoms with van der Waals surface area (Å²) >= 11 is 0. The average Bonchev–Trinajstić information content (AvgIpc) is 2.47. The van der Waals surface area contributed by atoms with Crippen LogP contribution in [0.15, 0.2) is 0 Å². The Kier molecular flexibility index (Phi) is 3.84. The molecule has 1 saturated heterocycles. The molecule has 0 saturated carbocycles. The van der Waals surface area contributed by atoms with Crippen molar-refractivity contribution < 1.29 is 19.1 Å². The summed E-state index contributed by atoms with van der Waals surface area (Å²) in [5, 5.41) is 0. The van der Waals surface area contributed by atoms with Crippen LogP contribution in [0, 0.1) is 10.8 Å². The molecule has 4 nitrogen and oxygen atoms in total. The summed E-state index contributed by atoms with van der Waals surface area (Å²) in [6, 6.07) is 0. The number of hydrogen-bond acceptors (Lipinski definition) is 4. The van der Waals surface area contributed by atoms with E-state index >= 15 is 0 Å². The van der Waals surface area contributed by atoms with Crippen molar-refractivity contribution in [2.75, 3.05) is 6.61 Å². The van der Waals surface area contributed by atoms with E-state index in [-0.39, 0.29) is 30.1 Å². The lowest BCUT2D eigenvalue weighted by Crippen LogP contribution is -2.34. The fourth-order valence-corrected chi connectivity index (χ4v) is 1.60. The van der Waals surface area contributed by atoms with Crippen LogP contribution in [-0.4, -0.2) is 24.6 Å². The van der Waals surface area contributed by atoms with E-state index in [2.05, 4.69) is 0 Å². The lowest BCUT2D eigenvalue weighted by atomic mass is 9.86. The molecular weight excluding hydrogens is 220 g/mol. The van der Waals surface area contributed by atoms with Crippen LogP contribution in [0.2, 0.25) is 0 Å². The van der Waals surface area contributed by atoms with Crippen LogP contribution in [0.5, 0.6) is 0 Å². The Bertz CT molecular complexity index is 317. The van der Waals surface area contributed by atoms with Gasteiger partial charge >= 0.3 is 11.9 Å². The summed E-state index contributed by atoms with van der Waals surface area (Å²) in [4.78, 5) is 23.0. The van der Waals surface area contributed by atoms with Gasteiger partial charge in [-0.2, -0.15) is 0 Å². The Morgan fingerprint density at radius 3 is 2.53 bits per heavy atom. The summed E-state index contributed by atoms with van der Waals surface area (Å²) in [7, 11) is 0. The second-order valence-electron chi connectivity index (χ2n) is 5.98. The number of hydrogen-bond donors (Lipinski definition) is 0. The highest BCUT2D eigenvalue weighted by atomic mass is 16.6. The first-order chi connectivity index (χ1) is 7.69. The molecule has 98 valence electrons. The number of cyclic esters (lactones) is 1. The molecule has 0 radical (unpaired) electrons. The first kappa shape index (κ1) is 14.0. The van der Waals surface area contributed by atoms with E-state index in [1.165, 1.54) is 0 Å².